The lowest BCUT2D eigenvalue weighted by molar-refractivity contribution is 0.462. The first-order valence-corrected chi connectivity index (χ1v) is 10.9. The number of hydrogen-bond donors (Lipinski definition) is 1. The van der Waals surface area contributed by atoms with Crippen LogP contribution in [-0.4, -0.2) is 21.0 Å². The largest absolute Gasteiger partial charge is 0.457 e. The number of ether oxygens (including phenoxy) is 1. The highest BCUT2D eigenvalue weighted by Gasteiger charge is 2.15. The average molecular weight is 403 g/mol. The highest BCUT2D eigenvalue weighted by Crippen LogP contribution is 2.33. The monoisotopic (exact) mass is 402 g/mol. The van der Waals surface area contributed by atoms with Crippen LogP contribution >= 0.6 is 11.3 Å². The molecule has 4 aromatic rings. The topological polar surface area (TPSA) is 59.9 Å². The van der Waals surface area contributed by atoms with E-state index < -0.39 is 0 Å². The number of anilines is 1. The van der Waals surface area contributed by atoms with Gasteiger partial charge in [-0.1, -0.05) is 30.6 Å². The van der Waals surface area contributed by atoms with Crippen LogP contribution in [0.5, 0.6) is 11.5 Å². The summed E-state index contributed by atoms with van der Waals surface area (Å²) in [5.41, 5.74) is 2.81. The van der Waals surface area contributed by atoms with Gasteiger partial charge in [-0.3, -0.25) is 9.97 Å². The molecule has 1 N–H and O–H groups in total. The van der Waals surface area contributed by atoms with Crippen molar-refractivity contribution < 1.29 is 4.74 Å². The molecule has 6 heteroatoms. The maximum Gasteiger partial charge on any atom is 0.184 e. The molecule has 0 spiro atoms. The minimum Gasteiger partial charge on any atom is -0.457 e. The average Bonchev–Trinajstić information content (AvgIpc) is 3.17. The van der Waals surface area contributed by atoms with Crippen molar-refractivity contribution in [2.24, 2.45) is 0 Å². The summed E-state index contributed by atoms with van der Waals surface area (Å²) in [5, 5.41) is 4.62. The van der Waals surface area contributed by atoms with E-state index in [0.29, 0.717) is 6.04 Å². The predicted octanol–water partition coefficient (Wildman–Crippen LogP) is 6.29. The van der Waals surface area contributed by atoms with Gasteiger partial charge in [-0.25, -0.2) is 4.98 Å². The van der Waals surface area contributed by atoms with Crippen molar-refractivity contribution in [3.63, 3.8) is 0 Å². The normalized spacial score (nSPS) is 14.8. The Labute approximate surface area is 173 Å². The van der Waals surface area contributed by atoms with E-state index in [4.69, 9.17) is 9.72 Å². The molecular formula is C23H22N4OS. The van der Waals surface area contributed by atoms with Crippen LogP contribution in [0.1, 0.15) is 32.1 Å². The first-order chi connectivity index (χ1) is 14.3. The van der Waals surface area contributed by atoms with E-state index in [1.54, 1.807) is 29.9 Å². The standard InChI is InChI=1S/C23H22N4OS/c1-2-6-17(7-3-1)26-23-27-20-9-8-18(14-22(20)29-23)28-19-10-12-25-21(13-19)16-5-4-11-24-15-16/h4-5,8-15,17H,1-3,6-7H2,(H,26,27). The number of nitrogens with one attached hydrogen (secondary N) is 1. The lowest BCUT2D eigenvalue weighted by Crippen LogP contribution is -2.21. The molecule has 0 amide bonds. The zero-order valence-electron chi connectivity index (χ0n) is 16.0. The lowest BCUT2D eigenvalue weighted by Gasteiger charge is -2.22. The molecule has 1 saturated carbocycles. The van der Waals surface area contributed by atoms with Crippen molar-refractivity contribution in [3.05, 3.63) is 61.1 Å². The molecule has 0 radical (unpaired) electrons. The Bertz CT molecular complexity index is 1110. The van der Waals surface area contributed by atoms with Gasteiger partial charge in [0.05, 0.1) is 15.9 Å². The van der Waals surface area contributed by atoms with Crippen LogP contribution in [0.2, 0.25) is 0 Å². The number of aromatic nitrogens is 3. The smallest absolute Gasteiger partial charge is 0.184 e. The molecule has 5 nitrogen and oxygen atoms in total. The maximum absolute atomic E-state index is 6.11. The third kappa shape index (κ3) is 4.22. The summed E-state index contributed by atoms with van der Waals surface area (Å²) < 4.78 is 7.23. The van der Waals surface area contributed by atoms with Gasteiger partial charge in [0, 0.05) is 42.3 Å². The molecule has 1 aliphatic rings. The van der Waals surface area contributed by atoms with E-state index in [9.17, 15) is 0 Å². The fourth-order valence-corrected chi connectivity index (χ4v) is 4.71. The molecule has 146 valence electrons. The number of hydrogen-bond acceptors (Lipinski definition) is 6. The molecule has 3 heterocycles. The van der Waals surface area contributed by atoms with Gasteiger partial charge in [-0.15, -0.1) is 0 Å². The van der Waals surface area contributed by atoms with Gasteiger partial charge in [0.2, 0.25) is 0 Å². The second kappa shape index (κ2) is 8.17. The summed E-state index contributed by atoms with van der Waals surface area (Å²) in [4.78, 5) is 13.3. The van der Waals surface area contributed by atoms with Gasteiger partial charge >= 0.3 is 0 Å². The Balaban J connectivity index is 1.34. The zero-order valence-corrected chi connectivity index (χ0v) is 16.9. The molecule has 1 fully saturated rings. The number of benzene rings is 1. The molecule has 0 saturated heterocycles. The quantitative estimate of drug-likeness (QED) is 0.425. The first-order valence-electron chi connectivity index (χ1n) is 10.0. The van der Waals surface area contributed by atoms with Crippen LogP contribution in [0.4, 0.5) is 5.13 Å². The summed E-state index contributed by atoms with van der Waals surface area (Å²) in [6.07, 6.45) is 11.8. The lowest BCUT2D eigenvalue weighted by atomic mass is 9.96. The molecule has 0 atom stereocenters. The second-order valence-corrected chi connectivity index (χ2v) is 8.38. The van der Waals surface area contributed by atoms with Gasteiger partial charge in [-0.05, 0) is 43.2 Å². The SMILES string of the molecule is c1cncc(-c2cc(Oc3ccc4nc(NC5CCCCC5)sc4c3)ccn2)c1. The third-order valence-corrected chi connectivity index (χ3v) is 6.17. The van der Waals surface area contributed by atoms with Crippen molar-refractivity contribution in [1.29, 1.82) is 0 Å². The van der Waals surface area contributed by atoms with Crippen molar-refractivity contribution >= 4 is 26.7 Å². The van der Waals surface area contributed by atoms with E-state index >= 15 is 0 Å². The highest BCUT2D eigenvalue weighted by atomic mass is 32.1. The van der Waals surface area contributed by atoms with Gasteiger partial charge in [0.25, 0.3) is 0 Å². The minimum absolute atomic E-state index is 0.558. The van der Waals surface area contributed by atoms with Crippen LogP contribution in [0.3, 0.4) is 0 Å². The van der Waals surface area contributed by atoms with E-state index in [-0.39, 0.29) is 0 Å². The van der Waals surface area contributed by atoms with Crippen LogP contribution in [0, 0.1) is 0 Å². The second-order valence-electron chi connectivity index (χ2n) is 7.35. The number of pyridine rings is 2. The van der Waals surface area contributed by atoms with Crippen molar-refractivity contribution in [2.75, 3.05) is 5.32 Å². The molecule has 1 aliphatic carbocycles. The molecule has 5 rings (SSSR count). The van der Waals surface area contributed by atoms with E-state index in [1.165, 1.54) is 32.1 Å². The highest BCUT2D eigenvalue weighted by molar-refractivity contribution is 7.22. The Kier molecular flexibility index (Phi) is 5.09. The van der Waals surface area contributed by atoms with Crippen molar-refractivity contribution in [3.8, 4) is 22.8 Å². The molecule has 29 heavy (non-hydrogen) atoms. The van der Waals surface area contributed by atoms with Crippen LogP contribution in [0.15, 0.2) is 61.1 Å². The minimum atomic E-state index is 0.558. The maximum atomic E-state index is 6.11. The van der Waals surface area contributed by atoms with Gasteiger partial charge in [0.15, 0.2) is 5.13 Å². The Hall–Kier alpha value is -2.99. The fraction of sp³-hybridized carbons (Fsp3) is 0.261. The molecule has 0 bridgehead atoms. The number of nitrogens with zero attached hydrogens (tertiary/aromatic N) is 3. The van der Waals surface area contributed by atoms with E-state index in [0.717, 1.165) is 38.1 Å². The molecule has 0 aliphatic heterocycles. The molecular weight excluding hydrogens is 380 g/mol. The van der Waals surface area contributed by atoms with Crippen molar-refractivity contribution in [1.82, 2.24) is 15.0 Å². The zero-order chi connectivity index (χ0) is 19.5. The Morgan fingerprint density at radius 2 is 1.86 bits per heavy atom. The first kappa shape index (κ1) is 18.1. The molecule has 0 unspecified atom stereocenters. The third-order valence-electron chi connectivity index (χ3n) is 5.22. The van der Waals surface area contributed by atoms with Crippen LogP contribution in [0.25, 0.3) is 21.5 Å². The Morgan fingerprint density at radius 3 is 2.72 bits per heavy atom. The number of rotatable bonds is 5. The van der Waals surface area contributed by atoms with Crippen molar-refractivity contribution in [2.45, 2.75) is 38.1 Å². The summed E-state index contributed by atoms with van der Waals surface area (Å²) in [6.45, 7) is 0. The Morgan fingerprint density at radius 1 is 0.966 bits per heavy atom. The summed E-state index contributed by atoms with van der Waals surface area (Å²) in [5.74, 6) is 1.55. The summed E-state index contributed by atoms with van der Waals surface area (Å²) >= 11 is 1.69. The van der Waals surface area contributed by atoms with Crippen LogP contribution in [-0.2, 0) is 0 Å². The van der Waals surface area contributed by atoms with Gasteiger partial charge in [-0.2, -0.15) is 0 Å². The van der Waals surface area contributed by atoms with E-state index in [2.05, 4.69) is 21.4 Å². The predicted molar refractivity (Wildman–Crippen MR) is 118 cm³/mol. The van der Waals surface area contributed by atoms with Crippen LogP contribution < -0.4 is 10.1 Å². The fourth-order valence-electron chi connectivity index (χ4n) is 3.73. The summed E-state index contributed by atoms with van der Waals surface area (Å²) in [7, 11) is 0. The molecule has 3 aromatic heterocycles. The van der Waals surface area contributed by atoms with Gasteiger partial charge < -0.3 is 10.1 Å². The van der Waals surface area contributed by atoms with E-state index in [1.807, 2.05) is 36.4 Å². The van der Waals surface area contributed by atoms with Gasteiger partial charge in [0.1, 0.15) is 11.5 Å². The number of thiazole rings is 1. The number of fused-ring (bicyclic) bond motifs is 1. The molecule has 1 aromatic carbocycles. The summed E-state index contributed by atoms with van der Waals surface area (Å²) in [6, 6.07) is 14.3.